The van der Waals surface area contributed by atoms with Gasteiger partial charge in [-0.2, -0.15) is 0 Å². The van der Waals surface area contributed by atoms with Crippen LogP contribution in [0.1, 0.15) is 5.56 Å². The molecular formula is C14H12BrFN4O2. The molecule has 0 atom stereocenters. The third-order valence-electron chi connectivity index (χ3n) is 3.56. The molecule has 0 fully saturated rings. The molecule has 2 heterocycles. The number of hydrogen-bond acceptors (Lipinski definition) is 3. The van der Waals surface area contributed by atoms with E-state index in [1.54, 1.807) is 30.8 Å². The Kier molecular flexibility index (Phi) is 3.48. The molecule has 0 N–H and O–H groups in total. The third-order valence-corrected chi connectivity index (χ3v) is 4.27. The largest absolute Gasteiger partial charge is 0.332 e. The summed E-state index contributed by atoms with van der Waals surface area (Å²) < 4.78 is 17.4. The molecule has 0 aliphatic rings. The summed E-state index contributed by atoms with van der Waals surface area (Å²) in [6.07, 6.45) is 0. The molecule has 0 amide bonds. The van der Waals surface area contributed by atoms with Gasteiger partial charge in [0, 0.05) is 14.1 Å². The van der Waals surface area contributed by atoms with Gasteiger partial charge in [0.25, 0.3) is 5.56 Å². The van der Waals surface area contributed by atoms with Gasteiger partial charge >= 0.3 is 5.69 Å². The van der Waals surface area contributed by atoms with E-state index in [-0.39, 0.29) is 12.4 Å². The molecule has 0 unspecified atom stereocenters. The second-order valence-electron chi connectivity index (χ2n) is 4.97. The van der Waals surface area contributed by atoms with Crippen LogP contribution in [0.15, 0.2) is 38.6 Å². The van der Waals surface area contributed by atoms with E-state index in [0.29, 0.717) is 21.5 Å². The minimum Gasteiger partial charge on any atom is -0.316 e. The van der Waals surface area contributed by atoms with E-state index in [1.807, 2.05) is 0 Å². The van der Waals surface area contributed by atoms with Gasteiger partial charge in [-0.25, -0.2) is 14.2 Å². The zero-order chi connectivity index (χ0) is 16.0. The second-order valence-corrected chi connectivity index (χ2v) is 5.68. The third kappa shape index (κ3) is 2.19. The molecule has 1 aromatic carbocycles. The van der Waals surface area contributed by atoms with E-state index in [1.165, 1.54) is 16.7 Å². The Morgan fingerprint density at radius 2 is 1.77 bits per heavy atom. The predicted octanol–water partition coefficient (Wildman–Crippen LogP) is 1.38. The molecule has 0 saturated carbocycles. The molecule has 0 aliphatic heterocycles. The van der Waals surface area contributed by atoms with Crippen LogP contribution >= 0.6 is 15.9 Å². The molecule has 2 aromatic heterocycles. The average Bonchev–Trinajstić information content (AvgIpc) is 2.79. The molecule has 3 rings (SSSR count). The summed E-state index contributed by atoms with van der Waals surface area (Å²) >= 11 is 3.25. The highest BCUT2D eigenvalue weighted by atomic mass is 79.9. The molecular weight excluding hydrogens is 355 g/mol. The van der Waals surface area contributed by atoms with Gasteiger partial charge in [0.2, 0.25) is 0 Å². The summed E-state index contributed by atoms with van der Waals surface area (Å²) in [5.74, 6) is -0.366. The van der Waals surface area contributed by atoms with Crippen molar-refractivity contribution in [2.45, 2.75) is 6.54 Å². The van der Waals surface area contributed by atoms with Crippen molar-refractivity contribution in [1.29, 1.82) is 0 Å². The van der Waals surface area contributed by atoms with Gasteiger partial charge in [0.1, 0.15) is 5.82 Å². The molecule has 22 heavy (non-hydrogen) atoms. The van der Waals surface area contributed by atoms with Crippen molar-refractivity contribution >= 4 is 27.1 Å². The SMILES string of the molecule is Cn1c(Br)nc2c1c(=O)n(Cc1ccc(F)cc1)c(=O)n2C. The van der Waals surface area contributed by atoms with Crippen molar-refractivity contribution in [3.8, 4) is 0 Å². The molecule has 3 aromatic rings. The Hall–Kier alpha value is -2.22. The second kappa shape index (κ2) is 5.20. The van der Waals surface area contributed by atoms with Crippen LogP contribution in [0.5, 0.6) is 0 Å². The number of halogens is 2. The summed E-state index contributed by atoms with van der Waals surface area (Å²) in [6.45, 7) is 0.0739. The number of fused-ring (bicyclic) bond motifs is 1. The molecule has 0 radical (unpaired) electrons. The van der Waals surface area contributed by atoms with E-state index >= 15 is 0 Å². The van der Waals surface area contributed by atoms with Gasteiger partial charge in [-0.3, -0.25) is 13.9 Å². The zero-order valence-electron chi connectivity index (χ0n) is 11.9. The minimum atomic E-state index is -0.465. The summed E-state index contributed by atoms with van der Waals surface area (Å²) in [7, 11) is 3.25. The smallest absolute Gasteiger partial charge is 0.316 e. The van der Waals surface area contributed by atoms with Crippen molar-refractivity contribution < 1.29 is 4.39 Å². The van der Waals surface area contributed by atoms with Crippen LogP contribution in [0.2, 0.25) is 0 Å². The number of benzene rings is 1. The van der Waals surface area contributed by atoms with Gasteiger partial charge in [-0.05, 0) is 33.6 Å². The van der Waals surface area contributed by atoms with Gasteiger partial charge in [0.15, 0.2) is 15.9 Å². The summed E-state index contributed by atoms with van der Waals surface area (Å²) in [4.78, 5) is 29.2. The van der Waals surface area contributed by atoms with Gasteiger partial charge < -0.3 is 4.57 Å². The van der Waals surface area contributed by atoms with Gasteiger partial charge in [-0.15, -0.1) is 0 Å². The Morgan fingerprint density at radius 1 is 1.14 bits per heavy atom. The van der Waals surface area contributed by atoms with Crippen LogP contribution in [0.4, 0.5) is 4.39 Å². The van der Waals surface area contributed by atoms with E-state index < -0.39 is 11.2 Å². The summed E-state index contributed by atoms with van der Waals surface area (Å²) in [6, 6.07) is 5.68. The number of nitrogens with zero attached hydrogens (tertiary/aromatic N) is 4. The molecule has 114 valence electrons. The number of aryl methyl sites for hydroxylation is 2. The fourth-order valence-electron chi connectivity index (χ4n) is 2.33. The molecule has 6 nitrogen and oxygen atoms in total. The fraction of sp³-hybridized carbons (Fsp3) is 0.214. The molecule has 0 spiro atoms. The highest BCUT2D eigenvalue weighted by Crippen LogP contribution is 2.14. The lowest BCUT2D eigenvalue weighted by Crippen LogP contribution is -2.39. The van der Waals surface area contributed by atoms with Gasteiger partial charge in [-0.1, -0.05) is 12.1 Å². The maximum atomic E-state index is 13.0. The number of imidazole rings is 1. The zero-order valence-corrected chi connectivity index (χ0v) is 13.5. The lowest BCUT2D eigenvalue weighted by Gasteiger charge is -2.08. The first-order chi connectivity index (χ1) is 10.4. The predicted molar refractivity (Wildman–Crippen MR) is 83.4 cm³/mol. The van der Waals surface area contributed by atoms with Crippen molar-refractivity contribution in [2.24, 2.45) is 14.1 Å². The fourth-order valence-corrected chi connectivity index (χ4v) is 2.67. The Labute approximate surface area is 132 Å². The average molecular weight is 367 g/mol. The van der Waals surface area contributed by atoms with Crippen molar-refractivity contribution in [3.05, 3.63) is 61.2 Å². The number of aromatic nitrogens is 4. The molecule has 0 bridgehead atoms. The Morgan fingerprint density at radius 3 is 2.41 bits per heavy atom. The molecule has 0 saturated heterocycles. The van der Waals surface area contributed by atoms with Crippen LogP contribution in [0.3, 0.4) is 0 Å². The summed E-state index contributed by atoms with van der Waals surface area (Å²) in [5, 5.41) is 0. The van der Waals surface area contributed by atoms with Crippen molar-refractivity contribution in [2.75, 3.05) is 0 Å². The first-order valence-corrected chi connectivity index (χ1v) is 7.25. The first kappa shape index (κ1) is 14.7. The topological polar surface area (TPSA) is 61.8 Å². The van der Waals surface area contributed by atoms with E-state index in [0.717, 1.165) is 4.57 Å². The normalized spacial score (nSPS) is 11.3. The molecule has 8 heteroatoms. The minimum absolute atomic E-state index is 0.0739. The van der Waals surface area contributed by atoms with Crippen molar-refractivity contribution in [1.82, 2.24) is 18.7 Å². The van der Waals surface area contributed by atoms with Crippen molar-refractivity contribution in [3.63, 3.8) is 0 Å². The maximum Gasteiger partial charge on any atom is 0.332 e. The van der Waals surface area contributed by atoms with Crippen LogP contribution in [0.25, 0.3) is 11.2 Å². The van der Waals surface area contributed by atoms with E-state index in [2.05, 4.69) is 20.9 Å². The maximum absolute atomic E-state index is 13.0. The number of hydrogen-bond donors (Lipinski definition) is 0. The van der Waals surface area contributed by atoms with Crippen LogP contribution in [-0.2, 0) is 20.6 Å². The summed E-state index contributed by atoms with van der Waals surface area (Å²) in [5.41, 5.74) is 0.424. The Bertz CT molecular complexity index is 985. The van der Waals surface area contributed by atoms with Crippen LogP contribution in [0, 0.1) is 5.82 Å². The first-order valence-electron chi connectivity index (χ1n) is 6.46. The standard InChI is InChI=1S/C14H12BrFN4O2/c1-18-10-11(17-13(18)15)19(2)14(22)20(12(10)21)7-8-3-5-9(16)6-4-8/h3-6H,7H2,1-2H3. The lowest BCUT2D eigenvalue weighted by atomic mass is 10.2. The van der Waals surface area contributed by atoms with Crippen LogP contribution < -0.4 is 11.2 Å². The van der Waals surface area contributed by atoms with E-state index in [4.69, 9.17) is 0 Å². The van der Waals surface area contributed by atoms with Gasteiger partial charge in [0.05, 0.1) is 6.54 Å². The monoisotopic (exact) mass is 366 g/mol. The van der Waals surface area contributed by atoms with Crippen LogP contribution in [-0.4, -0.2) is 18.7 Å². The number of rotatable bonds is 2. The molecule has 0 aliphatic carbocycles. The quantitative estimate of drug-likeness (QED) is 0.643. The highest BCUT2D eigenvalue weighted by molar-refractivity contribution is 9.10. The van der Waals surface area contributed by atoms with E-state index in [9.17, 15) is 14.0 Å². The Balaban J connectivity index is 2.26. The lowest BCUT2D eigenvalue weighted by molar-refractivity contribution is 0.623. The highest BCUT2D eigenvalue weighted by Gasteiger charge is 2.17.